The quantitative estimate of drug-likeness (QED) is 0.498. The highest BCUT2D eigenvalue weighted by molar-refractivity contribution is 9.11. The molecular formula is C13H10Br2N2O. The topological polar surface area (TPSA) is 46.3 Å². The standard InChI is InChI=1S/C13H10Br2N2O/c14-10-6-7-12(11(15)8-10)17(16)13(18)9-4-2-1-3-5-9/h1-8H,16H2. The van der Waals surface area contributed by atoms with Gasteiger partial charge in [-0.2, -0.15) is 0 Å². The summed E-state index contributed by atoms with van der Waals surface area (Å²) in [6.07, 6.45) is 0. The van der Waals surface area contributed by atoms with Gasteiger partial charge in [-0.3, -0.25) is 4.79 Å². The van der Waals surface area contributed by atoms with Crippen molar-refractivity contribution in [3.8, 4) is 0 Å². The summed E-state index contributed by atoms with van der Waals surface area (Å²) in [5.74, 6) is 5.61. The summed E-state index contributed by atoms with van der Waals surface area (Å²) >= 11 is 6.74. The zero-order valence-electron chi connectivity index (χ0n) is 9.31. The molecule has 0 bridgehead atoms. The van der Waals surface area contributed by atoms with Gasteiger partial charge in [0, 0.05) is 14.5 Å². The van der Waals surface area contributed by atoms with Crippen LogP contribution in [0.25, 0.3) is 0 Å². The number of halogens is 2. The Hall–Kier alpha value is -1.17. The molecule has 0 aliphatic heterocycles. The van der Waals surface area contributed by atoms with Crippen LogP contribution in [0.5, 0.6) is 0 Å². The van der Waals surface area contributed by atoms with Crippen LogP contribution in [0.1, 0.15) is 10.4 Å². The molecule has 3 nitrogen and oxygen atoms in total. The molecule has 0 radical (unpaired) electrons. The van der Waals surface area contributed by atoms with Crippen molar-refractivity contribution < 1.29 is 4.79 Å². The van der Waals surface area contributed by atoms with Gasteiger partial charge in [-0.25, -0.2) is 10.9 Å². The highest BCUT2D eigenvalue weighted by Crippen LogP contribution is 2.28. The Morgan fingerprint density at radius 2 is 1.72 bits per heavy atom. The third-order valence-corrected chi connectivity index (χ3v) is 3.54. The number of rotatable bonds is 2. The van der Waals surface area contributed by atoms with Crippen molar-refractivity contribution in [3.05, 3.63) is 63.0 Å². The molecule has 92 valence electrons. The Morgan fingerprint density at radius 1 is 1.06 bits per heavy atom. The average Bonchev–Trinajstić information content (AvgIpc) is 2.38. The molecule has 5 heteroatoms. The smallest absolute Gasteiger partial charge is 0.267 e. The lowest BCUT2D eigenvalue weighted by Crippen LogP contribution is -2.37. The van der Waals surface area contributed by atoms with Crippen molar-refractivity contribution in [1.29, 1.82) is 0 Å². The molecule has 0 fully saturated rings. The maximum Gasteiger partial charge on any atom is 0.272 e. The second-order valence-electron chi connectivity index (χ2n) is 3.64. The predicted molar refractivity (Wildman–Crippen MR) is 79.3 cm³/mol. The fourth-order valence-corrected chi connectivity index (χ4v) is 2.74. The van der Waals surface area contributed by atoms with Crippen molar-refractivity contribution >= 4 is 43.5 Å². The van der Waals surface area contributed by atoms with Crippen LogP contribution < -0.4 is 10.9 Å². The molecule has 0 aliphatic carbocycles. The molecule has 0 heterocycles. The molecule has 2 aromatic carbocycles. The number of nitrogens with two attached hydrogens (primary N) is 1. The number of hydrogen-bond acceptors (Lipinski definition) is 2. The maximum atomic E-state index is 12.2. The van der Waals surface area contributed by atoms with Gasteiger partial charge in [0.15, 0.2) is 0 Å². The molecule has 18 heavy (non-hydrogen) atoms. The van der Waals surface area contributed by atoms with E-state index in [2.05, 4.69) is 31.9 Å². The van der Waals surface area contributed by atoms with Crippen molar-refractivity contribution in [2.24, 2.45) is 5.84 Å². The Labute approximate surface area is 122 Å². The van der Waals surface area contributed by atoms with E-state index in [4.69, 9.17) is 5.84 Å². The van der Waals surface area contributed by atoms with E-state index in [1.54, 1.807) is 30.3 Å². The summed E-state index contributed by atoms with van der Waals surface area (Å²) in [5.41, 5.74) is 1.17. The van der Waals surface area contributed by atoms with Gasteiger partial charge >= 0.3 is 0 Å². The van der Waals surface area contributed by atoms with E-state index in [0.717, 1.165) is 14.0 Å². The second-order valence-corrected chi connectivity index (χ2v) is 5.41. The summed E-state index contributed by atoms with van der Waals surface area (Å²) in [6, 6.07) is 14.4. The van der Waals surface area contributed by atoms with E-state index in [1.807, 2.05) is 18.2 Å². The monoisotopic (exact) mass is 368 g/mol. The largest absolute Gasteiger partial charge is 0.272 e. The van der Waals surface area contributed by atoms with Gasteiger partial charge in [-0.05, 0) is 46.3 Å². The summed E-state index contributed by atoms with van der Waals surface area (Å²) in [7, 11) is 0. The number of benzene rings is 2. The van der Waals surface area contributed by atoms with Gasteiger partial charge in [0.25, 0.3) is 5.91 Å². The molecule has 0 saturated heterocycles. The van der Waals surface area contributed by atoms with Gasteiger partial charge in [0.1, 0.15) is 0 Å². The van der Waals surface area contributed by atoms with Crippen LogP contribution in [-0.2, 0) is 0 Å². The first kappa shape index (κ1) is 13.3. The summed E-state index contributed by atoms with van der Waals surface area (Å²) in [6.45, 7) is 0. The van der Waals surface area contributed by atoms with E-state index in [9.17, 15) is 4.79 Å². The Kier molecular flexibility index (Phi) is 4.16. The molecule has 2 rings (SSSR count). The molecule has 0 aromatic heterocycles. The van der Waals surface area contributed by atoms with Crippen molar-refractivity contribution in [2.75, 3.05) is 5.01 Å². The molecule has 2 N–H and O–H groups in total. The Balaban J connectivity index is 2.31. The number of hydrazine groups is 1. The maximum absolute atomic E-state index is 12.2. The lowest BCUT2D eigenvalue weighted by molar-refractivity contribution is 0.0986. The first-order valence-corrected chi connectivity index (χ1v) is 6.77. The molecule has 0 saturated carbocycles. The van der Waals surface area contributed by atoms with Crippen LogP contribution in [-0.4, -0.2) is 5.91 Å². The zero-order valence-corrected chi connectivity index (χ0v) is 12.5. The normalized spacial score (nSPS) is 10.2. The minimum Gasteiger partial charge on any atom is -0.267 e. The SMILES string of the molecule is NN(C(=O)c1ccccc1)c1ccc(Br)cc1Br. The van der Waals surface area contributed by atoms with E-state index in [1.165, 1.54) is 0 Å². The summed E-state index contributed by atoms with van der Waals surface area (Å²) in [4.78, 5) is 12.2. The van der Waals surface area contributed by atoms with Crippen molar-refractivity contribution in [3.63, 3.8) is 0 Å². The van der Waals surface area contributed by atoms with E-state index in [0.29, 0.717) is 11.3 Å². The first-order chi connectivity index (χ1) is 8.59. The van der Waals surface area contributed by atoms with Gasteiger partial charge in [0.2, 0.25) is 0 Å². The van der Waals surface area contributed by atoms with E-state index >= 15 is 0 Å². The van der Waals surface area contributed by atoms with E-state index < -0.39 is 0 Å². The van der Waals surface area contributed by atoms with Gasteiger partial charge in [0.05, 0.1) is 5.69 Å². The third kappa shape index (κ3) is 2.80. The average molecular weight is 370 g/mol. The summed E-state index contributed by atoms with van der Waals surface area (Å²) in [5, 5.41) is 1.13. The number of carbonyl (C=O) groups is 1. The molecule has 0 spiro atoms. The highest BCUT2D eigenvalue weighted by Gasteiger charge is 2.16. The number of carbonyl (C=O) groups excluding carboxylic acids is 1. The third-order valence-electron chi connectivity index (χ3n) is 2.41. The number of anilines is 1. The number of hydrogen-bond donors (Lipinski definition) is 1. The Bertz CT molecular complexity index is 572. The van der Waals surface area contributed by atoms with Gasteiger partial charge in [-0.15, -0.1) is 0 Å². The van der Waals surface area contributed by atoms with Crippen LogP contribution in [0.3, 0.4) is 0 Å². The van der Waals surface area contributed by atoms with Gasteiger partial charge in [-0.1, -0.05) is 34.1 Å². The minimum atomic E-state index is -0.251. The Morgan fingerprint density at radius 3 is 2.33 bits per heavy atom. The molecular weight excluding hydrogens is 360 g/mol. The molecule has 0 unspecified atom stereocenters. The lowest BCUT2D eigenvalue weighted by atomic mass is 10.2. The van der Waals surface area contributed by atoms with Crippen LogP contribution in [0.4, 0.5) is 5.69 Å². The van der Waals surface area contributed by atoms with Crippen molar-refractivity contribution in [1.82, 2.24) is 0 Å². The molecule has 1 amide bonds. The van der Waals surface area contributed by atoms with Gasteiger partial charge < -0.3 is 0 Å². The predicted octanol–water partition coefficient (Wildman–Crippen LogP) is 3.73. The molecule has 0 atom stereocenters. The summed E-state index contributed by atoms with van der Waals surface area (Å²) < 4.78 is 1.67. The number of amides is 1. The number of nitrogens with zero attached hydrogens (tertiary/aromatic N) is 1. The second kappa shape index (κ2) is 5.65. The van der Waals surface area contributed by atoms with Crippen LogP contribution in [0, 0.1) is 0 Å². The van der Waals surface area contributed by atoms with Crippen LogP contribution in [0.15, 0.2) is 57.5 Å². The minimum absolute atomic E-state index is 0.251. The van der Waals surface area contributed by atoms with E-state index in [-0.39, 0.29) is 5.91 Å². The highest BCUT2D eigenvalue weighted by atomic mass is 79.9. The van der Waals surface area contributed by atoms with Crippen LogP contribution in [0.2, 0.25) is 0 Å². The molecule has 0 aliphatic rings. The van der Waals surface area contributed by atoms with Crippen LogP contribution >= 0.6 is 31.9 Å². The fourth-order valence-electron chi connectivity index (χ4n) is 1.51. The first-order valence-electron chi connectivity index (χ1n) is 5.19. The van der Waals surface area contributed by atoms with Crippen molar-refractivity contribution in [2.45, 2.75) is 0 Å². The fraction of sp³-hybridized carbons (Fsp3) is 0. The lowest BCUT2D eigenvalue weighted by Gasteiger charge is -2.18. The zero-order chi connectivity index (χ0) is 13.1. The molecule has 2 aromatic rings.